The third-order valence-electron chi connectivity index (χ3n) is 5.97. The van der Waals surface area contributed by atoms with Crippen LogP contribution in [-0.4, -0.2) is 36.7 Å². The summed E-state index contributed by atoms with van der Waals surface area (Å²) in [7, 11) is -3.78. The summed E-state index contributed by atoms with van der Waals surface area (Å²) in [5.74, 6) is -0.876. The first-order valence-electron chi connectivity index (χ1n) is 11.8. The number of carbonyl (C=O) groups excluding carboxylic acids is 2. The van der Waals surface area contributed by atoms with Crippen LogP contribution in [0, 0.1) is 13.8 Å². The molecule has 194 valence electrons. The summed E-state index contributed by atoms with van der Waals surface area (Å²) in [6.07, 6.45) is 2.02. The normalized spacial score (nSPS) is 13.4. The fourth-order valence-corrected chi connectivity index (χ4v) is 7.19. The van der Waals surface area contributed by atoms with Gasteiger partial charge in [0, 0.05) is 28.5 Å². The molecule has 0 saturated heterocycles. The maximum absolute atomic E-state index is 13.7. The lowest BCUT2D eigenvalue weighted by Gasteiger charge is -2.20. The van der Waals surface area contributed by atoms with Gasteiger partial charge in [-0.2, -0.15) is 0 Å². The number of aryl methyl sites for hydroxylation is 2. The van der Waals surface area contributed by atoms with Crippen LogP contribution in [-0.2, 0) is 26.8 Å². The molecule has 1 aromatic carbocycles. The quantitative estimate of drug-likeness (QED) is 0.330. The first-order chi connectivity index (χ1) is 18.2. The molecular formula is C27H24N4O4S3. The Kier molecular flexibility index (Phi) is 7.24. The summed E-state index contributed by atoms with van der Waals surface area (Å²) in [5, 5.41) is 6.45. The Morgan fingerprint density at radius 1 is 1.03 bits per heavy atom. The minimum atomic E-state index is -3.78. The van der Waals surface area contributed by atoms with E-state index in [2.05, 4.69) is 15.3 Å². The van der Waals surface area contributed by atoms with Crippen molar-refractivity contribution in [1.82, 2.24) is 15.3 Å². The van der Waals surface area contributed by atoms with Crippen LogP contribution in [0.1, 0.15) is 37.3 Å². The summed E-state index contributed by atoms with van der Waals surface area (Å²) in [6, 6.07) is 13.9. The number of aromatic nitrogens is 2. The molecule has 4 heterocycles. The Bertz CT molecular complexity index is 1620. The third kappa shape index (κ3) is 5.45. The van der Waals surface area contributed by atoms with Gasteiger partial charge in [-0.05, 0) is 73.0 Å². The van der Waals surface area contributed by atoms with Gasteiger partial charge in [0.2, 0.25) is 0 Å². The number of thiophene rings is 2. The van der Waals surface area contributed by atoms with Crippen LogP contribution in [0.2, 0.25) is 0 Å². The van der Waals surface area contributed by atoms with E-state index in [1.54, 1.807) is 61.7 Å². The van der Waals surface area contributed by atoms with Crippen LogP contribution >= 0.6 is 22.7 Å². The highest BCUT2D eigenvalue weighted by molar-refractivity contribution is 7.90. The van der Waals surface area contributed by atoms with Crippen molar-refractivity contribution in [2.45, 2.75) is 30.9 Å². The predicted molar refractivity (Wildman–Crippen MR) is 149 cm³/mol. The van der Waals surface area contributed by atoms with E-state index in [-0.39, 0.29) is 34.6 Å². The Morgan fingerprint density at radius 3 is 2.45 bits per heavy atom. The number of nitrogens with one attached hydrogen (secondary N) is 1. The maximum Gasteiger partial charge on any atom is 0.274 e. The number of rotatable bonds is 7. The first-order valence-corrected chi connectivity index (χ1v) is 15.2. The van der Waals surface area contributed by atoms with Gasteiger partial charge in [-0.3, -0.25) is 9.59 Å². The number of sulfone groups is 1. The van der Waals surface area contributed by atoms with E-state index in [1.807, 2.05) is 17.5 Å². The molecule has 0 atom stereocenters. The van der Waals surface area contributed by atoms with Crippen molar-refractivity contribution in [3.8, 4) is 0 Å². The zero-order valence-electron chi connectivity index (χ0n) is 20.7. The Labute approximate surface area is 228 Å². The number of fused-ring (bicyclic) bond motifs is 1. The largest absolute Gasteiger partial charge is 0.317 e. The molecule has 1 aliphatic rings. The molecule has 2 amide bonds. The molecule has 11 heteroatoms. The van der Waals surface area contributed by atoms with Gasteiger partial charge in [0.25, 0.3) is 11.8 Å². The molecule has 1 N–H and O–H groups in total. The van der Waals surface area contributed by atoms with Crippen molar-refractivity contribution in [3.63, 3.8) is 0 Å². The van der Waals surface area contributed by atoms with Crippen molar-refractivity contribution >= 4 is 56.1 Å². The third-order valence-corrected chi connectivity index (χ3v) is 9.34. The second-order valence-corrected chi connectivity index (χ2v) is 12.7. The summed E-state index contributed by atoms with van der Waals surface area (Å²) in [4.78, 5) is 38.1. The van der Waals surface area contributed by atoms with Crippen LogP contribution < -0.4 is 10.2 Å². The maximum atomic E-state index is 13.7. The van der Waals surface area contributed by atoms with Crippen molar-refractivity contribution in [2.24, 2.45) is 0 Å². The molecule has 0 saturated carbocycles. The lowest BCUT2D eigenvalue weighted by molar-refractivity contribution is -0.115. The van der Waals surface area contributed by atoms with Gasteiger partial charge in [0.15, 0.2) is 9.84 Å². The van der Waals surface area contributed by atoms with E-state index >= 15 is 0 Å². The number of anilines is 1. The molecule has 0 spiro atoms. The topological polar surface area (TPSA) is 109 Å². The van der Waals surface area contributed by atoms with Gasteiger partial charge in [0.1, 0.15) is 17.3 Å². The van der Waals surface area contributed by atoms with E-state index in [0.29, 0.717) is 33.9 Å². The highest BCUT2D eigenvalue weighted by Crippen LogP contribution is 2.35. The molecule has 0 bridgehead atoms. The number of benzene rings is 1. The predicted octanol–water partition coefficient (Wildman–Crippen LogP) is 4.55. The Hall–Kier alpha value is -3.67. The second-order valence-electron chi connectivity index (χ2n) is 8.79. The second kappa shape index (κ2) is 10.6. The fourth-order valence-electron chi connectivity index (χ4n) is 4.42. The van der Waals surface area contributed by atoms with E-state index in [9.17, 15) is 18.0 Å². The summed E-state index contributed by atoms with van der Waals surface area (Å²) >= 11 is 2.73. The van der Waals surface area contributed by atoms with E-state index in [4.69, 9.17) is 0 Å². The summed E-state index contributed by atoms with van der Waals surface area (Å²) < 4.78 is 26.9. The van der Waals surface area contributed by atoms with Gasteiger partial charge in [-0.1, -0.05) is 18.2 Å². The summed E-state index contributed by atoms with van der Waals surface area (Å²) in [6.45, 7) is 3.89. The molecule has 0 unspecified atom stereocenters. The lowest BCUT2D eigenvalue weighted by atomic mass is 10.2. The van der Waals surface area contributed by atoms with Gasteiger partial charge in [-0.15, -0.1) is 22.7 Å². The van der Waals surface area contributed by atoms with E-state index in [1.165, 1.54) is 27.6 Å². The first kappa shape index (κ1) is 26.0. The van der Waals surface area contributed by atoms with Crippen molar-refractivity contribution in [2.75, 3.05) is 11.4 Å². The van der Waals surface area contributed by atoms with Crippen LogP contribution in [0.3, 0.4) is 0 Å². The van der Waals surface area contributed by atoms with Gasteiger partial charge >= 0.3 is 0 Å². The number of amides is 2. The lowest BCUT2D eigenvalue weighted by Crippen LogP contribution is -2.37. The molecule has 3 aromatic heterocycles. The average molecular weight is 565 g/mol. The number of carbonyl (C=O) groups is 2. The zero-order valence-corrected chi connectivity index (χ0v) is 23.1. The van der Waals surface area contributed by atoms with Crippen LogP contribution in [0.25, 0.3) is 6.08 Å². The Balaban J connectivity index is 1.46. The van der Waals surface area contributed by atoms with Crippen LogP contribution in [0.4, 0.5) is 5.69 Å². The minimum absolute atomic E-state index is 0.121. The summed E-state index contributed by atoms with van der Waals surface area (Å²) in [5.41, 5.74) is 2.61. The van der Waals surface area contributed by atoms with E-state index in [0.717, 1.165) is 4.88 Å². The molecule has 0 aliphatic carbocycles. The molecule has 4 aromatic rings. The number of hydrogen-bond donors (Lipinski definition) is 1. The molecular weight excluding hydrogens is 541 g/mol. The highest BCUT2D eigenvalue weighted by atomic mass is 32.2. The Morgan fingerprint density at radius 2 is 1.76 bits per heavy atom. The smallest absolute Gasteiger partial charge is 0.274 e. The average Bonchev–Trinajstić information content (AvgIpc) is 3.64. The van der Waals surface area contributed by atoms with Crippen molar-refractivity contribution < 1.29 is 18.0 Å². The molecule has 8 nitrogen and oxygen atoms in total. The van der Waals surface area contributed by atoms with Crippen LogP contribution in [0.15, 0.2) is 69.9 Å². The molecule has 0 fully saturated rings. The number of hydrogen-bond acceptors (Lipinski definition) is 8. The monoisotopic (exact) mass is 564 g/mol. The minimum Gasteiger partial charge on any atom is -0.317 e. The molecule has 5 rings (SSSR count). The highest BCUT2D eigenvalue weighted by Gasteiger charge is 2.33. The van der Waals surface area contributed by atoms with Gasteiger partial charge < -0.3 is 10.2 Å². The van der Waals surface area contributed by atoms with Gasteiger partial charge in [0.05, 0.1) is 9.77 Å². The van der Waals surface area contributed by atoms with Crippen molar-refractivity contribution in [1.29, 1.82) is 0 Å². The SMILES string of the molecule is Cc1cc(C)nc(CS(=O)(=O)c2cccc3c2CCN3C(=O)/C(=C\c2cccs2)NC(=O)c2cccs2)n1. The standard InChI is InChI=1S/C27H24N4O4S3/c1-17-14-18(2)29-25(28-17)16-38(34,35)24-9-3-7-22-20(24)10-11-31(22)27(33)21(15-19-6-4-12-36-19)30-26(32)23-8-5-13-37-23/h3-9,12-15H,10-11,16H2,1-2H3,(H,30,32)/b21-15+. The molecule has 38 heavy (non-hydrogen) atoms. The molecule has 0 radical (unpaired) electrons. The zero-order chi connectivity index (χ0) is 26.9. The molecule has 1 aliphatic heterocycles. The van der Waals surface area contributed by atoms with Crippen molar-refractivity contribution in [3.05, 3.63) is 97.5 Å². The van der Waals surface area contributed by atoms with Crippen LogP contribution in [0.5, 0.6) is 0 Å². The fraction of sp³-hybridized carbons (Fsp3) is 0.185. The van der Waals surface area contributed by atoms with E-state index < -0.39 is 15.7 Å². The van der Waals surface area contributed by atoms with Gasteiger partial charge in [-0.25, -0.2) is 18.4 Å². The number of nitrogens with zero attached hydrogens (tertiary/aromatic N) is 3.